The van der Waals surface area contributed by atoms with E-state index < -0.39 is 33.1 Å². The van der Waals surface area contributed by atoms with E-state index in [1.165, 1.54) is 39.2 Å². The molecule has 0 unspecified atom stereocenters. The first-order valence-corrected chi connectivity index (χ1v) is 15.2. The Morgan fingerprint density at radius 3 is 2.34 bits per heavy atom. The lowest BCUT2D eigenvalue weighted by Gasteiger charge is -2.24. The van der Waals surface area contributed by atoms with Gasteiger partial charge in [0.05, 0.1) is 31.4 Å². The highest BCUT2D eigenvalue weighted by molar-refractivity contribution is 7.90. The molecule has 41 heavy (non-hydrogen) atoms. The number of ether oxygens (including phenoxy) is 3. The molecular weight excluding hydrogens is 550 g/mol. The Balaban J connectivity index is 1.80. The normalized spacial score (nSPS) is 14.6. The van der Waals surface area contributed by atoms with E-state index in [1.807, 2.05) is 6.92 Å². The Kier molecular flexibility index (Phi) is 8.81. The molecule has 3 aromatic rings. The van der Waals surface area contributed by atoms with Crippen LogP contribution >= 0.6 is 0 Å². The van der Waals surface area contributed by atoms with Crippen LogP contribution in [-0.2, 0) is 19.6 Å². The van der Waals surface area contributed by atoms with E-state index in [0.29, 0.717) is 17.9 Å². The maximum Gasteiger partial charge on any atom is 0.343 e. The Morgan fingerprint density at radius 2 is 1.71 bits per heavy atom. The first-order chi connectivity index (χ1) is 19.5. The highest BCUT2D eigenvalue weighted by Crippen LogP contribution is 2.34. The van der Waals surface area contributed by atoms with Gasteiger partial charge >= 0.3 is 11.7 Å². The number of hydrogen-bond acceptors (Lipinski definition) is 8. The summed E-state index contributed by atoms with van der Waals surface area (Å²) in [6.07, 6.45) is 4.51. The number of amides is 1. The van der Waals surface area contributed by atoms with Crippen LogP contribution in [0.4, 0.5) is 0 Å². The molecular formula is C29H37N3O8S. The van der Waals surface area contributed by atoms with Crippen molar-refractivity contribution in [2.24, 2.45) is 0 Å². The second-order valence-corrected chi connectivity index (χ2v) is 12.2. The summed E-state index contributed by atoms with van der Waals surface area (Å²) in [4.78, 5) is 38.8. The quantitative estimate of drug-likeness (QED) is 0.352. The van der Waals surface area contributed by atoms with Crippen LogP contribution in [0.2, 0.25) is 0 Å². The molecule has 0 radical (unpaired) electrons. The molecule has 1 aromatic heterocycles. The van der Waals surface area contributed by atoms with Crippen molar-refractivity contribution >= 4 is 32.9 Å². The molecule has 0 atom stereocenters. The average Bonchev–Trinajstić information content (AvgIpc) is 3.24. The lowest BCUT2D eigenvalue weighted by Crippen LogP contribution is -2.50. The van der Waals surface area contributed by atoms with Crippen LogP contribution < -0.4 is 20.5 Å². The molecule has 222 valence electrons. The van der Waals surface area contributed by atoms with Crippen molar-refractivity contribution < 1.29 is 32.2 Å². The third kappa shape index (κ3) is 5.83. The summed E-state index contributed by atoms with van der Waals surface area (Å²) < 4.78 is 46.6. The average molecular weight is 588 g/mol. The van der Waals surface area contributed by atoms with Crippen LogP contribution in [0.1, 0.15) is 76.2 Å². The van der Waals surface area contributed by atoms with Gasteiger partial charge in [-0.15, -0.1) is 0 Å². The zero-order valence-corrected chi connectivity index (χ0v) is 24.9. The third-order valence-corrected chi connectivity index (χ3v) is 8.94. The fourth-order valence-corrected chi connectivity index (χ4v) is 6.73. The van der Waals surface area contributed by atoms with Crippen molar-refractivity contribution in [1.29, 1.82) is 0 Å². The van der Waals surface area contributed by atoms with E-state index in [4.69, 9.17) is 14.2 Å². The van der Waals surface area contributed by atoms with E-state index in [0.717, 1.165) is 36.1 Å². The smallest absolute Gasteiger partial charge is 0.343 e. The summed E-state index contributed by atoms with van der Waals surface area (Å²) in [7, 11) is -3.19. The van der Waals surface area contributed by atoms with E-state index in [1.54, 1.807) is 29.7 Å². The summed E-state index contributed by atoms with van der Waals surface area (Å²) in [5.74, 6) is -0.818. The lowest BCUT2D eigenvalue weighted by atomic mass is 9.95. The Labute approximate surface area is 239 Å². The number of fused-ring (bicyclic) bond motifs is 1. The Bertz CT molecular complexity index is 1610. The van der Waals surface area contributed by atoms with Crippen molar-refractivity contribution in [3.8, 4) is 11.5 Å². The van der Waals surface area contributed by atoms with Gasteiger partial charge in [-0.1, -0.05) is 19.3 Å². The summed E-state index contributed by atoms with van der Waals surface area (Å²) in [6.45, 7) is 7.10. The molecule has 12 heteroatoms. The summed E-state index contributed by atoms with van der Waals surface area (Å²) in [6, 6.07) is 8.58. The summed E-state index contributed by atoms with van der Waals surface area (Å²) in [5.41, 5.74) is -1.21. The van der Waals surface area contributed by atoms with Crippen molar-refractivity contribution in [2.75, 3.05) is 20.3 Å². The molecule has 1 saturated carbocycles. The second kappa shape index (κ2) is 12.0. The molecule has 1 aliphatic carbocycles. The number of hydrogen-bond donors (Lipinski definition) is 1. The topological polar surface area (TPSA) is 135 Å². The molecule has 2 aromatic carbocycles. The van der Waals surface area contributed by atoms with E-state index >= 15 is 0 Å². The van der Waals surface area contributed by atoms with E-state index in [9.17, 15) is 22.8 Å². The highest BCUT2D eigenvalue weighted by Gasteiger charge is 2.34. The second-order valence-electron chi connectivity index (χ2n) is 10.5. The van der Waals surface area contributed by atoms with Gasteiger partial charge in [0, 0.05) is 17.7 Å². The van der Waals surface area contributed by atoms with Gasteiger partial charge in [0.25, 0.3) is 15.9 Å². The van der Waals surface area contributed by atoms with Gasteiger partial charge in [-0.25, -0.2) is 18.0 Å². The number of nitrogens with one attached hydrogen (secondary N) is 1. The van der Waals surface area contributed by atoms with Gasteiger partial charge < -0.3 is 19.5 Å². The largest absolute Gasteiger partial charge is 0.495 e. The zero-order valence-electron chi connectivity index (χ0n) is 24.1. The molecule has 1 aliphatic rings. The lowest BCUT2D eigenvalue weighted by molar-refractivity contribution is -0.149. The predicted molar refractivity (Wildman–Crippen MR) is 153 cm³/mol. The third-order valence-electron chi connectivity index (χ3n) is 7.21. The fraction of sp³-hybridized carbons (Fsp3) is 0.483. The van der Waals surface area contributed by atoms with Crippen LogP contribution in [0.5, 0.6) is 11.5 Å². The van der Waals surface area contributed by atoms with Crippen molar-refractivity contribution in [2.45, 2.75) is 76.3 Å². The maximum atomic E-state index is 14.1. The minimum absolute atomic E-state index is 0.0662. The minimum Gasteiger partial charge on any atom is -0.495 e. The van der Waals surface area contributed by atoms with Crippen LogP contribution in [0, 0.1) is 0 Å². The van der Waals surface area contributed by atoms with Crippen LogP contribution in [0.25, 0.3) is 11.0 Å². The number of benzene rings is 2. The number of carbonyl (C=O) groups excluding carboxylic acids is 2. The van der Waals surface area contributed by atoms with Crippen molar-refractivity contribution in [3.63, 3.8) is 0 Å². The summed E-state index contributed by atoms with van der Waals surface area (Å²) in [5, 5.41) is 2.60. The number of carbonyl (C=O) groups is 2. The number of nitrogens with zero attached hydrogens (tertiary/aromatic N) is 2. The molecule has 1 heterocycles. The molecule has 0 bridgehead atoms. The highest BCUT2D eigenvalue weighted by atomic mass is 32.2. The molecule has 1 amide bonds. The summed E-state index contributed by atoms with van der Waals surface area (Å²) >= 11 is 0. The molecule has 11 nitrogen and oxygen atoms in total. The SMILES string of the molecule is CCOC(=O)C(C)(C)NC(=O)c1ccc(S(=O)(=O)n2c(=O)n(C3CCCCC3)c3cc(OCC)ccc32)c(OC)c1. The number of aromatic nitrogens is 2. The van der Waals surface area contributed by atoms with Gasteiger partial charge in [0.1, 0.15) is 21.9 Å². The first kappa shape index (κ1) is 30.2. The Hall–Kier alpha value is -3.80. The number of esters is 1. The molecule has 1 fully saturated rings. The van der Waals surface area contributed by atoms with Gasteiger partial charge in [-0.3, -0.25) is 9.36 Å². The number of methoxy groups -OCH3 is 1. The molecule has 0 aliphatic heterocycles. The molecule has 4 rings (SSSR count). The monoisotopic (exact) mass is 587 g/mol. The van der Waals surface area contributed by atoms with E-state index in [2.05, 4.69) is 5.32 Å². The van der Waals surface area contributed by atoms with Crippen LogP contribution in [-0.4, -0.2) is 54.7 Å². The molecule has 0 saturated heterocycles. The van der Waals surface area contributed by atoms with Gasteiger partial charge in [0.2, 0.25) is 0 Å². The fourth-order valence-electron chi connectivity index (χ4n) is 5.19. The minimum atomic E-state index is -4.47. The first-order valence-electron chi connectivity index (χ1n) is 13.8. The van der Waals surface area contributed by atoms with Gasteiger partial charge in [-0.2, -0.15) is 3.97 Å². The Morgan fingerprint density at radius 1 is 1.00 bits per heavy atom. The van der Waals surface area contributed by atoms with Crippen LogP contribution in [0.3, 0.4) is 0 Å². The molecule has 0 spiro atoms. The standard InChI is InChI=1S/C29H37N3O8S/c1-6-39-21-14-15-22-23(18-21)31(20-11-9-8-10-12-20)28(35)32(22)41(36,37)25-16-13-19(17-24(25)38-5)26(33)30-29(3,4)27(34)40-7-2/h13-18,20H,6-12H2,1-5H3,(H,30,33). The van der Waals surface area contributed by atoms with E-state index in [-0.39, 0.29) is 34.4 Å². The number of rotatable bonds is 10. The van der Waals surface area contributed by atoms with Crippen molar-refractivity contribution in [1.82, 2.24) is 13.9 Å². The van der Waals surface area contributed by atoms with Crippen molar-refractivity contribution in [3.05, 3.63) is 52.4 Å². The predicted octanol–water partition coefficient (Wildman–Crippen LogP) is 4.02. The maximum absolute atomic E-state index is 14.1. The zero-order chi connectivity index (χ0) is 29.9. The van der Waals surface area contributed by atoms with Gasteiger partial charge in [0.15, 0.2) is 0 Å². The van der Waals surface area contributed by atoms with Gasteiger partial charge in [-0.05, 0) is 70.9 Å². The van der Waals surface area contributed by atoms with Crippen LogP contribution in [0.15, 0.2) is 46.1 Å². The number of imidazole rings is 1. The molecule has 1 N–H and O–H groups in total.